The smallest absolute Gasteiger partial charge is 0.319 e. The molecule has 2 N–H and O–H groups in total. The number of carbonyl (C=O) groups excluding carboxylic acids is 1. The molecule has 0 radical (unpaired) electrons. The van der Waals surface area contributed by atoms with Crippen LogP contribution in [-0.4, -0.2) is 43.6 Å². The van der Waals surface area contributed by atoms with Gasteiger partial charge >= 0.3 is 6.03 Å². The monoisotopic (exact) mass is 339 g/mol. The molecule has 0 aromatic heterocycles. The Balaban J connectivity index is 1.77. The van der Waals surface area contributed by atoms with Crippen molar-refractivity contribution in [3.05, 3.63) is 30.3 Å². The highest BCUT2D eigenvalue weighted by Gasteiger charge is 2.28. The molecule has 128 valence electrons. The first-order valence-corrected chi connectivity index (χ1v) is 9.72. The van der Waals surface area contributed by atoms with Gasteiger partial charge in [0.1, 0.15) is 0 Å². The minimum Gasteiger partial charge on any atom is -0.335 e. The van der Waals surface area contributed by atoms with Crippen molar-refractivity contribution < 1.29 is 13.2 Å². The van der Waals surface area contributed by atoms with Crippen LogP contribution in [0.5, 0.6) is 0 Å². The number of hydrogen-bond acceptors (Lipinski definition) is 3. The lowest BCUT2D eigenvalue weighted by Gasteiger charge is -2.31. The second kappa shape index (κ2) is 8.31. The van der Waals surface area contributed by atoms with Gasteiger partial charge in [-0.05, 0) is 31.4 Å². The zero-order chi connectivity index (χ0) is 16.7. The number of unbranched alkanes of at least 4 members (excludes halogenated alkanes) is 1. The summed E-state index contributed by atoms with van der Waals surface area (Å²) in [4.78, 5) is 11.9. The molecule has 2 rings (SSSR count). The summed E-state index contributed by atoms with van der Waals surface area (Å²) in [6, 6.07) is 9.01. The number of para-hydroxylation sites is 1. The summed E-state index contributed by atoms with van der Waals surface area (Å²) < 4.78 is 25.8. The molecule has 0 atom stereocenters. The standard InChI is InChI=1S/C16H25N3O3S/c1-2-3-13-23(21,22)19-11-9-15(10-12-19)18-16(20)17-14-7-5-4-6-8-14/h4-8,15H,2-3,9-13H2,1H3,(H2,17,18,20). The van der Waals surface area contributed by atoms with Gasteiger partial charge in [-0.3, -0.25) is 0 Å². The third-order valence-electron chi connectivity index (χ3n) is 3.97. The van der Waals surface area contributed by atoms with Gasteiger partial charge in [0.25, 0.3) is 0 Å². The van der Waals surface area contributed by atoms with E-state index >= 15 is 0 Å². The van der Waals surface area contributed by atoms with Gasteiger partial charge in [-0.2, -0.15) is 0 Å². The third-order valence-corrected chi connectivity index (χ3v) is 5.93. The molecule has 0 bridgehead atoms. The molecular formula is C16H25N3O3S. The van der Waals surface area contributed by atoms with E-state index in [0.717, 1.165) is 12.1 Å². The molecule has 1 aliphatic rings. The van der Waals surface area contributed by atoms with E-state index in [1.54, 1.807) is 4.31 Å². The first kappa shape index (κ1) is 17.7. The number of hydrogen-bond donors (Lipinski definition) is 2. The first-order valence-electron chi connectivity index (χ1n) is 8.11. The molecule has 23 heavy (non-hydrogen) atoms. The minimum atomic E-state index is -3.14. The van der Waals surface area contributed by atoms with Gasteiger partial charge in [0.05, 0.1) is 5.75 Å². The number of nitrogens with one attached hydrogen (secondary N) is 2. The van der Waals surface area contributed by atoms with Crippen molar-refractivity contribution in [2.45, 2.75) is 38.6 Å². The topological polar surface area (TPSA) is 78.5 Å². The molecule has 1 aliphatic heterocycles. The Hall–Kier alpha value is -1.60. The van der Waals surface area contributed by atoms with Crippen LogP contribution in [-0.2, 0) is 10.0 Å². The maximum atomic E-state index is 12.1. The normalized spacial score (nSPS) is 16.9. The molecule has 6 nitrogen and oxygen atoms in total. The fraction of sp³-hybridized carbons (Fsp3) is 0.562. The molecule has 1 aromatic rings. The summed E-state index contributed by atoms with van der Waals surface area (Å²) >= 11 is 0. The average Bonchev–Trinajstić information content (AvgIpc) is 2.54. The van der Waals surface area contributed by atoms with Crippen LogP contribution in [0.15, 0.2) is 30.3 Å². The summed E-state index contributed by atoms with van der Waals surface area (Å²) in [7, 11) is -3.14. The Labute approximate surface area is 138 Å². The lowest BCUT2D eigenvalue weighted by molar-refractivity contribution is 0.238. The van der Waals surface area contributed by atoms with E-state index < -0.39 is 10.0 Å². The Bertz CT molecular complexity index is 596. The number of nitrogens with zero attached hydrogens (tertiary/aromatic N) is 1. The average molecular weight is 339 g/mol. The van der Waals surface area contributed by atoms with Gasteiger partial charge < -0.3 is 10.6 Å². The van der Waals surface area contributed by atoms with Crippen LogP contribution in [0.2, 0.25) is 0 Å². The lowest BCUT2D eigenvalue weighted by Crippen LogP contribution is -2.48. The number of amides is 2. The molecule has 0 aliphatic carbocycles. The summed E-state index contributed by atoms with van der Waals surface area (Å²) in [5.41, 5.74) is 0.740. The highest BCUT2D eigenvalue weighted by Crippen LogP contribution is 2.16. The van der Waals surface area contributed by atoms with Crippen LogP contribution in [0.25, 0.3) is 0 Å². The molecule has 0 spiro atoms. The quantitative estimate of drug-likeness (QED) is 0.835. The fourth-order valence-electron chi connectivity index (χ4n) is 2.61. The van der Waals surface area contributed by atoms with Crippen molar-refractivity contribution in [1.29, 1.82) is 0 Å². The van der Waals surface area contributed by atoms with Crippen molar-refractivity contribution in [3.63, 3.8) is 0 Å². The van der Waals surface area contributed by atoms with Gasteiger partial charge in [0.15, 0.2) is 0 Å². The van der Waals surface area contributed by atoms with E-state index in [1.165, 1.54) is 0 Å². The number of carbonyl (C=O) groups is 1. The second-order valence-corrected chi connectivity index (χ2v) is 7.90. The molecule has 2 amide bonds. The maximum Gasteiger partial charge on any atom is 0.319 e. The Kier molecular flexibility index (Phi) is 6.41. The SMILES string of the molecule is CCCCS(=O)(=O)N1CCC(NC(=O)Nc2ccccc2)CC1. The van der Waals surface area contributed by atoms with Crippen LogP contribution in [0.1, 0.15) is 32.6 Å². The van der Waals surface area contributed by atoms with E-state index in [9.17, 15) is 13.2 Å². The zero-order valence-electron chi connectivity index (χ0n) is 13.5. The molecule has 1 heterocycles. The summed E-state index contributed by atoms with van der Waals surface area (Å²) in [5.74, 6) is 0.218. The lowest BCUT2D eigenvalue weighted by atomic mass is 10.1. The predicted octanol–water partition coefficient (Wildman–Crippen LogP) is 2.40. The largest absolute Gasteiger partial charge is 0.335 e. The minimum absolute atomic E-state index is 0.0105. The third kappa shape index (κ3) is 5.51. The zero-order valence-corrected chi connectivity index (χ0v) is 14.3. The van der Waals surface area contributed by atoms with Gasteiger partial charge in [-0.25, -0.2) is 17.5 Å². The van der Waals surface area contributed by atoms with E-state index in [-0.39, 0.29) is 17.8 Å². The Morgan fingerprint density at radius 3 is 2.48 bits per heavy atom. The first-order chi connectivity index (χ1) is 11.0. The number of rotatable bonds is 6. The number of benzene rings is 1. The van der Waals surface area contributed by atoms with Crippen molar-refractivity contribution in [2.24, 2.45) is 0 Å². The molecule has 0 saturated carbocycles. The van der Waals surface area contributed by atoms with Crippen LogP contribution in [0.4, 0.5) is 10.5 Å². The molecule has 1 aromatic carbocycles. The van der Waals surface area contributed by atoms with E-state index in [2.05, 4.69) is 10.6 Å². The van der Waals surface area contributed by atoms with Crippen LogP contribution in [0.3, 0.4) is 0 Å². The van der Waals surface area contributed by atoms with Crippen LogP contribution < -0.4 is 10.6 Å². The predicted molar refractivity (Wildman–Crippen MR) is 91.9 cm³/mol. The highest BCUT2D eigenvalue weighted by atomic mass is 32.2. The Morgan fingerprint density at radius 2 is 1.87 bits per heavy atom. The molecule has 0 unspecified atom stereocenters. The van der Waals surface area contributed by atoms with Crippen LogP contribution >= 0.6 is 0 Å². The number of sulfonamides is 1. The second-order valence-electron chi connectivity index (χ2n) is 5.81. The highest BCUT2D eigenvalue weighted by molar-refractivity contribution is 7.89. The van der Waals surface area contributed by atoms with Gasteiger partial charge in [0.2, 0.25) is 10.0 Å². The van der Waals surface area contributed by atoms with Crippen molar-refractivity contribution >= 4 is 21.7 Å². The van der Waals surface area contributed by atoms with E-state index in [1.807, 2.05) is 37.3 Å². The van der Waals surface area contributed by atoms with Gasteiger partial charge in [-0.1, -0.05) is 31.5 Å². The fourth-order valence-corrected chi connectivity index (χ4v) is 4.29. The van der Waals surface area contributed by atoms with Crippen molar-refractivity contribution in [3.8, 4) is 0 Å². The molecule has 1 saturated heterocycles. The van der Waals surface area contributed by atoms with Gasteiger partial charge in [0, 0.05) is 24.8 Å². The van der Waals surface area contributed by atoms with E-state index in [4.69, 9.17) is 0 Å². The Morgan fingerprint density at radius 1 is 1.22 bits per heavy atom. The summed E-state index contributed by atoms with van der Waals surface area (Å²) in [6.45, 7) is 2.93. The van der Waals surface area contributed by atoms with Crippen molar-refractivity contribution in [2.75, 3.05) is 24.2 Å². The molecular weight excluding hydrogens is 314 g/mol. The summed E-state index contributed by atoms with van der Waals surface area (Å²) in [5, 5.41) is 5.69. The van der Waals surface area contributed by atoms with Crippen molar-refractivity contribution in [1.82, 2.24) is 9.62 Å². The van der Waals surface area contributed by atoms with E-state index in [0.29, 0.717) is 32.4 Å². The van der Waals surface area contributed by atoms with Gasteiger partial charge in [-0.15, -0.1) is 0 Å². The van der Waals surface area contributed by atoms with Crippen LogP contribution in [0, 0.1) is 0 Å². The molecule has 1 fully saturated rings. The number of anilines is 1. The number of piperidine rings is 1. The molecule has 7 heteroatoms. The summed E-state index contributed by atoms with van der Waals surface area (Å²) in [6.07, 6.45) is 2.86. The maximum absolute atomic E-state index is 12.1. The number of urea groups is 1.